The van der Waals surface area contributed by atoms with Gasteiger partial charge in [-0.25, -0.2) is 53.2 Å². The predicted octanol–water partition coefficient (Wildman–Crippen LogP) is 3.34. The summed E-state index contributed by atoms with van der Waals surface area (Å²) in [4.78, 5) is 99.6. The average molecular weight is 1010 g/mol. The lowest BCUT2D eigenvalue weighted by atomic mass is 9.90. The first kappa shape index (κ1) is 64.5. The number of aliphatic hydroxyl groups is 4. The van der Waals surface area contributed by atoms with E-state index in [4.69, 9.17) is 25.3 Å². The molecule has 396 valence electrons. The molecule has 3 rings (SSSR count). The SMILES string of the molecule is C=C(C)C(=O)OCC(O)CO.C=C(C)C(=O)OCC(O)COC(=O)C(=C)C.C=C(C)C(=O)OCCCO.N#COC1CCC(NC(=O)N(C(=O)NC2CCC(N=C=O)CC2)C2CCC(N=C=O)CC2)CC1. The summed E-state index contributed by atoms with van der Waals surface area (Å²) in [7, 11) is 0. The Hall–Kier alpha value is -6.53. The van der Waals surface area contributed by atoms with Crippen molar-refractivity contribution < 1.29 is 82.5 Å². The summed E-state index contributed by atoms with van der Waals surface area (Å²) in [5.74, 6) is -2.14. The van der Waals surface area contributed by atoms with Crippen LogP contribution in [0.25, 0.3) is 0 Å². The van der Waals surface area contributed by atoms with Crippen molar-refractivity contribution in [3.05, 3.63) is 48.6 Å². The Kier molecular flexibility index (Phi) is 33.9. The van der Waals surface area contributed by atoms with Crippen molar-refractivity contribution in [2.24, 2.45) is 9.98 Å². The molecule has 23 heteroatoms. The van der Waals surface area contributed by atoms with Crippen LogP contribution in [0.1, 0.15) is 111 Å². The number of carbonyl (C=O) groups is 6. The summed E-state index contributed by atoms with van der Waals surface area (Å²) in [6.07, 6.45) is 11.0. The van der Waals surface area contributed by atoms with Gasteiger partial charge in [-0.3, -0.25) is 0 Å². The average Bonchev–Trinajstić information content (AvgIpc) is 3.34. The molecule has 3 saturated carbocycles. The molecule has 71 heavy (non-hydrogen) atoms. The number of hydrogen-bond donors (Lipinski definition) is 6. The van der Waals surface area contributed by atoms with E-state index in [2.05, 4.69) is 65.9 Å². The molecule has 3 fully saturated rings. The Morgan fingerprint density at radius 1 is 0.606 bits per heavy atom. The summed E-state index contributed by atoms with van der Waals surface area (Å²) in [6.45, 7) is 18.8. The molecule has 0 heterocycles. The summed E-state index contributed by atoms with van der Waals surface area (Å²) in [5.41, 5.74) is 1.14. The second kappa shape index (κ2) is 37.3. The highest BCUT2D eigenvalue weighted by Crippen LogP contribution is 2.28. The van der Waals surface area contributed by atoms with Gasteiger partial charge in [0.05, 0.1) is 25.3 Å². The topological polar surface area (TPSA) is 339 Å². The van der Waals surface area contributed by atoms with Gasteiger partial charge in [-0.05, 0) is 105 Å². The second-order valence-corrected chi connectivity index (χ2v) is 17.0. The van der Waals surface area contributed by atoms with Gasteiger partial charge in [-0.1, -0.05) is 26.3 Å². The van der Waals surface area contributed by atoms with Crippen LogP contribution in [0.15, 0.2) is 58.6 Å². The number of esters is 4. The Bertz CT molecular complexity index is 1870. The number of ether oxygens (including phenoxy) is 5. The van der Waals surface area contributed by atoms with E-state index >= 15 is 0 Å². The highest BCUT2D eigenvalue weighted by molar-refractivity contribution is 5.94. The molecule has 0 aromatic carbocycles. The molecule has 4 amide bonds. The minimum atomic E-state index is -1.05. The van der Waals surface area contributed by atoms with Crippen molar-refractivity contribution >= 4 is 48.1 Å². The number of rotatable bonds is 20. The van der Waals surface area contributed by atoms with E-state index in [-0.39, 0.29) is 86.1 Å². The van der Waals surface area contributed by atoms with Gasteiger partial charge in [0.1, 0.15) is 38.1 Å². The molecule has 23 nitrogen and oxygen atoms in total. The number of aliphatic hydroxyl groups excluding tert-OH is 4. The van der Waals surface area contributed by atoms with Crippen LogP contribution in [0.3, 0.4) is 0 Å². The first-order valence-corrected chi connectivity index (χ1v) is 23.1. The summed E-state index contributed by atoms with van der Waals surface area (Å²) in [6, 6.07) is -1.49. The number of amides is 4. The Balaban J connectivity index is 0.00000109. The molecule has 0 spiro atoms. The zero-order valence-electron chi connectivity index (χ0n) is 41.3. The van der Waals surface area contributed by atoms with E-state index in [9.17, 15) is 43.5 Å². The van der Waals surface area contributed by atoms with Crippen LogP contribution in [0.4, 0.5) is 9.59 Å². The summed E-state index contributed by atoms with van der Waals surface area (Å²) in [5, 5.41) is 49.4. The third kappa shape index (κ3) is 29.3. The smallest absolute Gasteiger partial charge is 0.333 e. The normalized spacial score (nSPS) is 20.2. The number of hydrogen-bond acceptors (Lipinski definition) is 20. The van der Waals surface area contributed by atoms with Gasteiger partial charge in [0, 0.05) is 53.4 Å². The minimum absolute atomic E-state index is 0.0451. The van der Waals surface area contributed by atoms with Gasteiger partial charge >= 0.3 is 35.9 Å². The molecule has 1 unspecified atom stereocenters. The van der Waals surface area contributed by atoms with Gasteiger partial charge in [-0.15, -0.1) is 0 Å². The van der Waals surface area contributed by atoms with Gasteiger partial charge in [0.2, 0.25) is 12.2 Å². The Morgan fingerprint density at radius 2 is 0.972 bits per heavy atom. The highest BCUT2D eigenvalue weighted by Gasteiger charge is 2.36. The second-order valence-electron chi connectivity index (χ2n) is 17.0. The molecule has 0 saturated heterocycles. The molecule has 0 aliphatic heterocycles. The van der Waals surface area contributed by atoms with E-state index in [1.54, 1.807) is 25.3 Å². The van der Waals surface area contributed by atoms with Crippen LogP contribution >= 0.6 is 0 Å². The largest absolute Gasteiger partial charge is 0.462 e. The molecule has 0 radical (unpaired) electrons. The Morgan fingerprint density at radius 3 is 1.32 bits per heavy atom. The van der Waals surface area contributed by atoms with Crippen LogP contribution in [-0.2, 0) is 52.5 Å². The third-order valence-electron chi connectivity index (χ3n) is 10.5. The van der Waals surface area contributed by atoms with Gasteiger partial charge < -0.3 is 54.7 Å². The first-order chi connectivity index (χ1) is 33.6. The lowest BCUT2D eigenvalue weighted by Crippen LogP contribution is -2.58. The van der Waals surface area contributed by atoms with E-state index < -0.39 is 54.8 Å². The molecule has 6 N–H and O–H groups in total. The fourth-order valence-corrected chi connectivity index (χ4v) is 6.59. The van der Waals surface area contributed by atoms with Gasteiger partial charge in [0.25, 0.3) is 6.26 Å². The van der Waals surface area contributed by atoms with E-state index in [1.165, 1.54) is 25.7 Å². The van der Waals surface area contributed by atoms with Gasteiger partial charge in [0.15, 0.2) is 0 Å². The number of nitriles is 1. The van der Waals surface area contributed by atoms with E-state index in [0.29, 0.717) is 89.0 Å². The van der Waals surface area contributed by atoms with Crippen LogP contribution in [-0.4, -0.2) is 162 Å². The van der Waals surface area contributed by atoms with E-state index in [1.807, 2.05) is 0 Å². The predicted molar refractivity (Wildman–Crippen MR) is 254 cm³/mol. The molecule has 0 bridgehead atoms. The lowest BCUT2D eigenvalue weighted by Gasteiger charge is -2.37. The number of urea groups is 2. The number of aliphatic imine (C=N–C) groups is 2. The fraction of sp³-hybridized carbons (Fsp3) is 0.646. The zero-order chi connectivity index (χ0) is 53.9. The molecular formula is C48H72N6O17. The molecule has 0 aromatic heterocycles. The summed E-state index contributed by atoms with van der Waals surface area (Å²) < 4.78 is 23.5. The molecule has 0 aromatic rings. The molecular weight excluding hydrogens is 933 g/mol. The van der Waals surface area contributed by atoms with Crippen molar-refractivity contribution in [3.8, 4) is 6.26 Å². The number of carbonyl (C=O) groups excluding carboxylic acids is 8. The number of isocyanates is 2. The molecule has 1 atom stereocenters. The van der Waals surface area contributed by atoms with Crippen molar-refractivity contribution in [2.45, 2.75) is 160 Å². The van der Waals surface area contributed by atoms with Crippen LogP contribution in [0, 0.1) is 11.5 Å². The highest BCUT2D eigenvalue weighted by atomic mass is 16.6. The third-order valence-corrected chi connectivity index (χ3v) is 10.5. The fourth-order valence-electron chi connectivity index (χ4n) is 6.59. The maximum absolute atomic E-state index is 13.3. The van der Waals surface area contributed by atoms with Crippen LogP contribution in [0.5, 0.6) is 0 Å². The Labute approximate surface area is 414 Å². The van der Waals surface area contributed by atoms with Gasteiger partial charge in [-0.2, -0.15) is 5.26 Å². The first-order valence-electron chi connectivity index (χ1n) is 23.1. The monoisotopic (exact) mass is 1000 g/mol. The zero-order valence-corrected chi connectivity index (χ0v) is 41.3. The lowest BCUT2D eigenvalue weighted by molar-refractivity contribution is -0.147. The molecule has 3 aliphatic rings. The van der Waals surface area contributed by atoms with E-state index in [0.717, 1.165) is 0 Å². The van der Waals surface area contributed by atoms with Crippen molar-refractivity contribution in [1.82, 2.24) is 15.5 Å². The number of nitrogens with zero attached hydrogens (tertiary/aromatic N) is 4. The maximum Gasteiger partial charge on any atom is 0.333 e. The minimum Gasteiger partial charge on any atom is -0.462 e. The standard InChI is InChI=1S/C23H32N6O5.C11H16O5.C7H12O4.C7H12O3/c24-13-34-21-11-7-19(8-12-21)28-23(33)29(20-9-5-17(6-10-20)26-15-31)22(32)27-18-3-1-16(2-4-18)25-14-30;1-7(2)10(13)15-5-9(12)6-16-11(14)8(3)4;1-5(2)7(10)11-4-6(9)3-8;1-6(2)7(9)10-5-3-4-8/h16-21H,1-12H2,(H,27,32)(H,28,33);9,12H,1,3,5-6H2,2,4H3;6,8-9H,1,3-4H2,2H3;8H,1,3-5H2,2H3. The maximum atomic E-state index is 13.3. The van der Waals surface area contributed by atoms with Crippen LogP contribution < -0.4 is 10.6 Å². The van der Waals surface area contributed by atoms with Crippen molar-refractivity contribution in [3.63, 3.8) is 0 Å². The van der Waals surface area contributed by atoms with Crippen molar-refractivity contribution in [1.29, 1.82) is 5.26 Å². The van der Waals surface area contributed by atoms with Crippen LogP contribution in [0.2, 0.25) is 0 Å². The number of nitrogens with one attached hydrogen (secondary N) is 2. The molecule has 3 aliphatic carbocycles. The summed E-state index contributed by atoms with van der Waals surface area (Å²) >= 11 is 0. The number of imide groups is 1. The quantitative estimate of drug-likeness (QED) is 0.0194. The van der Waals surface area contributed by atoms with Crippen molar-refractivity contribution in [2.75, 3.05) is 39.6 Å².